The SMILES string of the molecule is Cc1c(Br)ccc(F)c1C(=O)N1CCN(C(=O)OC(C)(C)C)CC1. The molecular weight excluding hydrogens is 379 g/mol. The van der Waals surface area contributed by atoms with Crippen LogP contribution in [0, 0.1) is 12.7 Å². The maximum atomic E-state index is 14.1. The highest BCUT2D eigenvalue weighted by Crippen LogP contribution is 2.24. The van der Waals surface area contributed by atoms with Crippen LogP contribution in [0.15, 0.2) is 16.6 Å². The number of carbonyl (C=O) groups is 2. The average Bonchev–Trinajstić information content (AvgIpc) is 2.50. The highest BCUT2D eigenvalue weighted by molar-refractivity contribution is 9.10. The smallest absolute Gasteiger partial charge is 0.410 e. The predicted molar refractivity (Wildman–Crippen MR) is 92.5 cm³/mol. The van der Waals surface area contributed by atoms with Crippen molar-refractivity contribution in [3.8, 4) is 0 Å². The molecule has 1 saturated heterocycles. The van der Waals surface area contributed by atoms with Crippen molar-refractivity contribution in [1.29, 1.82) is 0 Å². The van der Waals surface area contributed by atoms with E-state index in [0.29, 0.717) is 36.2 Å². The molecule has 1 heterocycles. The van der Waals surface area contributed by atoms with Crippen LogP contribution in [0.4, 0.5) is 9.18 Å². The minimum atomic E-state index is -0.555. The molecule has 0 aromatic heterocycles. The fourth-order valence-corrected chi connectivity index (χ4v) is 2.82. The molecule has 1 aliphatic rings. The Labute approximate surface area is 149 Å². The molecule has 132 valence electrons. The van der Waals surface area contributed by atoms with Gasteiger partial charge in [0, 0.05) is 30.7 Å². The van der Waals surface area contributed by atoms with E-state index in [1.165, 1.54) is 6.07 Å². The van der Waals surface area contributed by atoms with Gasteiger partial charge in [-0.2, -0.15) is 0 Å². The Morgan fingerprint density at radius 3 is 2.21 bits per heavy atom. The Balaban J connectivity index is 2.04. The van der Waals surface area contributed by atoms with Crippen LogP contribution in [-0.4, -0.2) is 53.6 Å². The molecular formula is C17H22BrFN2O3. The Kier molecular flexibility index (Phi) is 5.52. The van der Waals surface area contributed by atoms with Gasteiger partial charge in [-0.25, -0.2) is 9.18 Å². The molecule has 0 spiro atoms. The van der Waals surface area contributed by atoms with Gasteiger partial charge in [-0.3, -0.25) is 4.79 Å². The van der Waals surface area contributed by atoms with Gasteiger partial charge in [0.05, 0.1) is 5.56 Å². The number of piperazine rings is 1. The van der Waals surface area contributed by atoms with Crippen LogP contribution in [0.2, 0.25) is 0 Å². The second-order valence-corrected chi connectivity index (χ2v) is 7.64. The largest absolute Gasteiger partial charge is 0.444 e. The molecule has 0 radical (unpaired) electrons. The number of ether oxygens (including phenoxy) is 1. The zero-order chi connectivity index (χ0) is 18.1. The zero-order valence-electron chi connectivity index (χ0n) is 14.4. The van der Waals surface area contributed by atoms with E-state index in [0.717, 1.165) is 0 Å². The lowest BCUT2D eigenvalue weighted by Crippen LogP contribution is -2.51. The van der Waals surface area contributed by atoms with Gasteiger partial charge in [-0.05, 0) is 45.4 Å². The normalized spacial score (nSPS) is 15.4. The molecule has 0 atom stereocenters. The van der Waals surface area contributed by atoms with Crippen molar-refractivity contribution < 1.29 is 18.7 Å². The molecule has 24 heavy (non-hydrogen) atoms. The fraction of sp³-hybridized carbons (Fsp3) is 0.529. The van der Waals surface area contributed by atoms with Crippen molar-refractivity contribution in [1.82, 2.24) is 9.80 Å². The van der Waals surface area contributed by atoms with Gasteiger partial charge in [0.2, 0.25) is 0 Å². The van der Waals surface area contributed by atoms with E-state index in [1.807, 2.05) is 20.8 Å². The molecule has 0 saturated carbocycles. The molecule has 0 N–H and O–H groups in total. The van der Waals surface area contributed by atoms with E-state index in [9.17, 15) is 14.0 Å². The quantitative estimate of drug-likeness (QED) is 0.723. The van der Waals surface area contributed by atoms with E-state index in [4.69, 9.17) is 4.74 Å². The van der Waals surface area contributed by atoms with Gasteiger partial charge in [-0.1, -0.05) is 15.9 Å². The lowest BCUT2D eigenvalue weighted by Gasteiger charge is -2.35. The van der Waals surface area contributed by atoms with Gasteiger partial charge in [0.25, 0.3) is 5.91 Å². The number of hydrogen-bond donors (Lipinski definition) is 0. The number of benzene rings is 1. The third-order valence-corrected chi connectivity index (χ3v) is 4.64. The summed E-state index contributed by atoms with van der Waals surface area (Å²) in [4.78, 5) is 27.8. The summed E-state index contributed by atoms with van der Waals surface area (Å²) < 4.78 is 20.1. The van der Waals surface area contributed by atoms with Crippen molar-refractivity contribution >= 4 is 27.9 Å². The summed E-state index contributed by atoms with van der Waals surface area (Å²) in [6, 6.07) is 2.86. The van der Waals surface area contributed by atoms with E-state index < -0.39 is 11.4 Å². The highest BCUT2D eigenvalue weighted by atomic mass is 79.9. The maximum Gasteiger partial charge on any atom is 0.410 e. The minimum Gasteiger partial charge on any atom is -0.444 e. The molecule has 1 fully saturated rings. The third-order valence-electron chi connectivity index (χ3n) is 3.78. The summed E-state index contributed by atoms with van der Waals surface area (Å²) in [7, 11) is 0. The Morgan fingerprint density at radius 1 is 1.12 bits per heavy atom. The van der Waals surface area contributed by atoms with Crippen LogP contribution in [0.3, 0.4) is 0 Å². The lowest BCUT2D eigenvalue weighted by atomic mass is 10.1. The van der Waals surface area contributed by atoms with Crippen LogP contribution >= 0.6 is 15.9 Å². The molecule has 1 aliphatic heterocycles. The standard InChI is InChI=1S/C17H22BrFN2O3/c1-11-12(18)5-6-13(19)14(11)15(22)20-7-9-21(10-8-20)16(23)24-17(2,3)4/h5-6H,7-10H2,1-4H3. The van der Waals surface area contributed by atoms with E-state index >= 15 is 0 Å². The number of halogens is 2. The average molecular weight is 401 g/mol. The van der Waals surface area contributed by atoms with Crippen molar-refractivity contribution in [2.45, 2.75) is 33.3 Å². The van der Waals surface area contributed by atoms with E-state index in [-0.39, 0.29) is 17.6 Å². The van der Waals surface area contributed by atoms with Gasteiger partial charge < -0.3 is 14.5 Å². The highest BCUT2D eigenvalue weighted by Gasteiger charge is 2.29. The van der Waals surface area contributed by atoms with Crippen LogP contribution in [0.5, 0.6) is 0 Å². The van der Waals surface area contributed by atoms with Crippen LogP contribution in [0.1, 0.15) is 36.7 Å². The van der Waals surface area contributed by atoms with Gasteiger partial charge in [0.1, 0.15) is 11.4 Å². The summed E-state index contributed by atoms with van der Waals surface area (Å²) in [6.07, 6.45) is -0.389. The lowest BCUT2D eigenvalue weighted by molar-refractivity contribution is 0.0140. The first-order valence-electron chi connectivity index (χ1n) is 7.82. The monoisotopic (exact) mass is 400 g/mol. The zero-order valence-corrected chi connectivity index (χ0v) is 15.9. The number of hydrogen-bond acceptors (Lipinski definition) is 3. The van der Waals surface area contributed by atoms with Crippen LogP contribution < -0.4 is 0 Å². The molecule has 1 aromatic carbocycles. The minimum absolute atomic E-state index is 0.0788. The Bertz CT molecular complexity index is 650. The number of nitrogens with zero attached hydrogens (tertiary/aromatic N) is 2. The van der Waals surface area contributed by atoms with Crippen molar-refractivity contribution in [2.24, 2.45) is 0 Å². The molecule has 0 unspecified atom stereocenters. The Hall–Kier alpha value is -1.63. The van der Waals surface area contributed by atoms with Crippen molar-refractivity contribution in [3.63, 3.8) is 0 Å². The van der Waals surface area contributed by atoms with E-state index in [1.54, 1.807) is 22.8 Å². The third kappa shape index (κ3) is 4.26. The first-order valence-corrected chi connectivity index (χ1v) is 8.61. The van der Waals surface area contributed by atoms with Gasteiger partial charge in [0.15, 0.2) is 0 Å². The number of carbonyl (C=O) groups excluding carboxylic acids is 2. The molecule has 0 aliphatic carbocycles. The second-order valence-electron chi connectivity index (χ2n) is 6.79. The van der Waals surface area contributed by atoms with Crippen LogP contribution in [0.25, 0.3) is 0 Å². The summed E-state index contributed by atoms with van der Waals surface area (Å²) in [5, 5.41) is 0. The molecule has 0 bridgehead atoms. The van der Waals surface area contributed by atoms with Crippen molar-refractivity contribution in [2.75, 3.05) is 26.2 Å². The van der Waals surface area contributed by atoms with E-state index in [2.05, 4.69) is 15.9 Å². The summed E-state index contributed by atoms with van der Waals surface area (Å²) in [5.41, 5.74) is 0.102. The second kappa shape index (κ2) is 7.09. The molecule has 5 nitrogen and oxygen atoms in total. The van der Waals surface area contributed by atoms with Gasteiger partial charge in [-0.15, -0.1) is 0 Å². The molecule has 2 rings (SSSR count). The topological polar surface area (TPSA) is 49.9 Å². The predicted octanol–water partition coefficient (Wildman–Crippen LogP) is 3.59. The van der Waals surface area contributed by atoms with Crippen LogP contribution in [-0.2, 0) is 4.74 Å². The molecule has 2 amide bonds. The first-order chi connectivity index (χ1) is 11.1. The summed E-state index contributed by atoms with van der Waals surface area (Å²) in [6.45, 7) is 8.57. The Morgan fingerprint density at radius 2 is 1.67 bits per heavy atom. The molecule has 7 heteroatoms. The molecule has 1 aromatic rings. The maximum absolute atomic E-state index is 14.1. The summed E-state index contributed by atoms with van der Waals surface area (Å²) >= 11 is 3.32. The number of amides is 2. The first kappa shape index (κ1) is 18.7. The fourth-order valence-electron chi connectivity index (χ4n) is 2.49. The van der Waals surface area contributed by atoms with Gasteiger partial charge >= 0.3 is 6.09 Å². The number of rotatable bonds is 1. The summed E-state index contributed by atoms with van der Waals surface area (Å²) in [5.74, 6) is -0.884. The van der Waals surface area contributed by atoms with Crippen molar-refractivity contribution in [3.05, 3.63) is 33.5 Å².